The van der Waals surface area contributed by atoms with Gasteiger partial charge < -0.3 is 24.3 Å². The average Bonchev–Trinajstić information content (AvgIpc) is 3.17. The molecule has 1 heterocycles. The van der Waals surface area contributed by atoms with Crippen LogP contribution in [0.5, 0.6) is 11.5 Å². The highest BCUT2D eigenvalue weighted by Gasteiger charge is 2.25. The summed E-state index contributed by atoms with van der Waals surface area (Å²) >= 11 is 0. The minimum absolute atomic E-state index is 0.143. The molecule has 0 saturated carbocycles. The number of ether oxygens (including phenoxy) is 2. The van der Waals surface area contributed by atoms with Crippen LogP contribution in [0.3, 0.4) is 0 Å². The molecule has 164 valence electrons. The number of carbonyl (C=O) groups excluding carboxylic acids is 1. The number of hydrogen-bond donors (Lipinski definition) is 2. The van der Waals surface area contributed by atoms with E-state index < -0.39 is 11.9 Å². The highest BCUT2D eigenvalue weighted by Crippen LogP contribution is 2.38. The van der Waals surface area contributed by atoms with Crippen LogP contribution in [0, 0.1) is 0 Å². The number of aliphatic carboxylic acids is 1. The predicted molar refractivity (Wildman–Crippen MR) is 119 cm³/mol. The number of carbonyl (C=O) groups is 2. The molecule has 1 amide bonds. The van der Waals surface area contributed by atoms with Gasteiger partial charge >= 0.3 is 11.9 Å². The van der Waals surface area contributed by atoms with Crippen LogP contribution in [0.15, 0.2) is 45.6 Å². The lowest BCUT2D eigenvalue weighted by Gasteiger charge is -2.12. The summed E-state index contributed by atoms with van der Waals surface area (Å²) in [6.07, 6.45) is 3.08. The van der Waals surface area contributed by atoms with E-state index in [0.29, 0.717) is 47.7 Å². The van der Waals surface area contributed by atoms with Gasteiger partial charge in [-0.15, -0.1) is 0 Å². The second-order valence-corrected chi connectivity index (χ2v) is 7.19. The summed E-state index contributed by atoms with van der Waals surface area (Å²) in [7, 11) is 1.57. The first-order valence-corrected chi connectivity index (χ1v) is 10.1. The van der Waals surface area contributed by atoms with Crippen LogP contribution in [0.1, 0.15) is 30.2 Å². The molecule has 0 unspecified atom stereocenters. The Morgan fingerprint density at radius 2 is 2.03 bits per heavy atom. The molecule has 2 aromatic carbocycles. The van der Waals surface area contributed by atoms with Gasteiger partial charge in [0.05, 0.1) is 19.1 Å². The highest BCUT2D eigenvalue weighted by molar-refractivity contribution is 6.36. The van der Waals surface area contributed by atoms with Crippen molar-refractivity contribution in [3.63, 3.8) is 0 Å². The van der Waals surface area contributed by atoms with Crippen molar-refractivity contribution >= 4 is 40.2 Å². The summed E-state index contributed by atoms with van der Waals surface area (Å²) in [5.74, 6) is -1.07. The van der Waals surface area contributed by atoms with Gasteiger partial charge in [-0.1, -0.05) is 12.1 Å². The predicted octanol–water partition coefficient (Wildman–Crippen LogP) is 3.71. The van der Waals surface area contributed by atoms with E-state index in [-0.39, 0.29) is 16.7 Å². The quantitative estimate of drug-likeness (QED) is 0.587. The molecule has 0 radical (unpaired) electrons. The zero-order valence-electron chi connectivity index (χ0n) is 17.6. The molecule has 32 heavy (non-hydrogen) atoms. The summed E-state index contributed by atoms with van der Waals surface area (Å²) in [5.41, 5.74) is 2.57. The minimum Gasteiger partial charge on any atom is -0.492 e. The SMILES string of the molecule is CCOc1cccc(/C=C2/CCc3c2oc2cc(NC(=O)C(=O)O)ccc2c3=O)c1OC. The number of rotatable bonds is 5. The number of carboxylic acid groups (broad SMARTS) is 1. The van der Waals surface area contributed by atoms with Crippen molar-refractivity contribution in [3.05, 3.63) is 63.5 Å². The number of para-hydroxylation sites is 1. The van der Waals surface area contributed by atoms with Crippen molar-refractivity contribution < 1.29 is 28.6 Å². The van der Waals surface area contributed by atoms with E-state index in [0.717, 1.165) is 11.1 Å². The van der Waals surface area contributed by atoms with E-state index in [2.05, 4.69) is 5.32 Å². The summed E-state index contributed by atoms with van der Waals surface area (Å²) in [6.45, 7) is 2.39. The third kappa shape index (κ3) is 3.82. The van der Waals surface area contributed by atoms with Crippen LogP contribution in [0.4, 0.5) is 5.69 Å². The van der Waals surface area contributed by atoms with E-state index >= 15 is 0 Å². The lowest BCUT2D eigenvalue weighted by atomic mass is 10.1. The molecule has 2 N–H and O–H groups in total. The number of allylic oxidation sites excluding steroid dienone is 1. The maximum absolute atomic E-state index is 13.0. The molecule has 8 nitrogen and oxygen atoms in total. The Labute approximate surface area is 183 Å². The number of methoxy groups -OCH3 is 1. The molecule has 0 atom stereocenters. The smallest absolute Gasteiger partial charge is 0.394 e. The summed E-state index contributed by atoms with van der Waals surface area (Å²) in [6, 6.07) is 10.0. The number of fused-ring (bicyclic) bond motifs is 2. The Morgan fingerprint density at radius 3 is 2.75 bits per heavy atom. The molecule has 8 heteroatoms. The first-order chi connectivity index (χ1) is 15.4. The van der Waals surface area contributed by atoms with Gasteiger partial charge in [0, 0.05) is 22.9 Å². The number of carboxylic acids is 1. The van der Waals surface area contributed by atoms with Gasteiger partial charge in [0.15, 0.2) is 16.9 Å². The van der Waals surface area contributed by atoms with Crippen molar-refractivity contribution in [2.24, 2.45) is 0 Å². The molecule has 0 fully saturated rings. The Balaban J connectivity index is 1.80. The van der Waals surface area contributed by atoms with Crippen LogP contribution < -0.4 is 20.2 Å². The summed E-state index contributed by atoms with van der Waals surface area (Å²) in [4.78, 5) is 35.3. The minimum atomic E-state index is -1.60. The third-order valence-electron chi connectivity index (χ3n) is 5.22. The summed E-state index contributed by atoms with van der Waals surface area (Å²) in [5, 5.41) is 11.4. The van der Waals surface area contributed by atoms with Crippen molar-refractivity contribution in [2.75, 3.05) is 19.0 Å². The van der Waals surface area contributed by atoms with E-state index in [1.165, 1.54) is 18.2 Å². The van der Waals surface area contributed by atoms with Gasteiger partial charge in [-0.2, -0.15) is 0 Å². The van der Waals surface area contributed by atoms with Crippen molar-refractivity contribution in [3.8, 4) is 11.5 Å². The monoisotopic (exact) mass is 435 g/mol. The van der Waals surface area contributed by atoms with Crippen LogP contribution in [0.25, 0.3) is 22.6 Å². The Morgan fingerprint density at radius 1 is 1.22 bits per heavy atom. The summed E-state index contributed by atoms with van der Waals surface area (Å²) < 4.78 is 17.2. The standard InChI is InChI=1S/C24H21NO7/c1-3-31-18-6-4-5-13(22(18)30-2)11-14-7-9-17-20(26)16-10-8-15(25-23(27)24(28)29)12-19(16)32-21(14)17/h4-6,8,10-12H,3,7,9H2,1-2H3,(H,25,27)(H,28,29)/b14-11-. The fourth-order valence-corrected chi connectivity index (χ4v) is 3.81. The van der Waals surface area contributed by atoms with Gasteiger partial charge in [0.2, 0.25) is 0 Å². The van der Waals surface area contributed by atoms with Crippen molar-refractivity contribution in [2.45, 2.75) is 19.8 Å². The van der Waals surface area contributed by atoms with E-state index in [4.69, 9.17) is 19.0 Å². The first-order valence-electron chi connectivity index (χ1n) is 10.1. The zero-order valence-corrected chi connectivity index (χ0v) is 17.6. The van der Waals surface area contributed by atoms with Gasteiger partial charge in [-0.3, -0.25) is 9.59 Å². The largest absolute Gasteiger partial charge is 0.492 e. The van der Waals surface area contributed by atoms with E-state index in [1.807, 2.05) is 31.2 Å². The Bertz CT molecular complexity index is 1320. The van der Waals surface area contributed by atoms with Crippen LogP contribution in [0.2, 0.25) is 0 Å². The molecule has 1 aliphatic carbocycles. The van der Waals surface area contributed by atoms with Gasteiger partial charge in [-0.25, -0.2) is 4.79 Å². The maximum Gasteiger partial charge on any atom is 0.394 e. The second-order valence-electron chi connectivity index (χ2n) is 7.19. The fraction of sp³-hybridized carbons (Fsp3) is 0.208. The van der Waals surface area contributed by atoms with Crippen molar-refractivity contribution in [1.82, 2.24) is 0 Å². The Kier molecular flexibility index (Phi) is 5.68. The maximum atomic E-state index is 13.0. The highest BCUT2D eigenvalue weighted by atomic mass is 16.5. The van der Waals surface area contributed by atoms with Gasteiger partial charge in [0.1, 0.15) is 11.3 Å². The molecule has 0 bridgehead atoms. The number of nitrogens with one attached hydrogen (secondary N) is 1. The lowest BCUT2D eigenvalue weighted by molar-refractivity contribution is -0.147. The normalized spacial score (nSPS) is 13.8. The van der Waals surface area contributed by atoms with Gasteiger partial charge in [0.25, 0.3) is 0 Å². The number of amides is 1. The van der Waals surface area contributed by atoms with Crippen molar-refractivity contribution in [1.29, 1.82) is 0 Å². The molecule has 3 aromatic rings. The molecule has 1 aromatic heterocycles. The molecule has 0 spiro atoms. The molecule has 0 aliphatic heterocycles. The second kappa shape index (κ2) is 8.58. The Hall–Kier alpha value is -4.07. The van der Waals surface area contributed by atoms with Crippen LogP contribution in [-0.2, 0) is 16.0 Å². The molecule has 4 rings (SSSR count). The van der Waals surface area contributed by atoms with E-state index in [9.17, 15) is 14.4 Å². The third-order valence-corrected chi connectivity index (χ3v) is 5.22. The average molecular weight is 435 g/mol. The lowest BCUT2D eigenvalue weighted by Crippen LogP contribution is -2.21. The van der Waals surface area contributed by atoms with Crippen LogP contribution >= 0.6 is 0 Å². The molecular weight excluding hydrogens is 414 g/mol. The number of hydrogen-bond acceptors (Lipinski definition) is 6. The molecular formula is C24H21NO7. The molecule has 1 aliphatic rings. The fourth-order valence-electron chi connectivity index (χ4n) is 3.81. The number of benzene rings is 2. The van der Waals surface area contributed by atoms with E-state index in [1.54, 1.807) is 7.11 Å². The first kappa shape index (κ1) is 21.2. The zero-order chi connectivity index (χ0) is 22.8. The molecule has 0 saturated heterocycles. The van der Waals surface area contributed by atoms with Crippen LogP contribution in [-0.4, -0.2) is 30.7 Å². The topological polar surface area (TPSA) is 115 Å². The van der Waals surface area contributed by atoms with Gasteiger partial charge in [-0.05, 0) is 49.6 Å². The number of anilines is 1.